The number of hydrogen-bond donors (Lipinski definition) is 2. The van der Waals surface area contributed by atoms with Crippen molar-refractivity contribution < 1.29 is 28.3 Å². The molecule has 0 saturated carbocycles. The minimum absolute atomic E-state index is 0.0600. The standard InChI is InChI=1S/C23H25N3O7/c1-6-32-23(30)17-13(4)33-22(18(17)20(24)28)25-21(29)12(3)26-16(27)10-11(2)14-8-7-9-15(31-5)19(14)26/h7-10,12H,6H2,1-5H3,(H2,24,28)(H,25,29). The molecule has 1 atom stereocenters. The fourth-order valence-electron chi connectivity index (χ4n) is 3.73. The van der Waals surface area contributed by atoms with Gasteiger partial charge in [-0.2, -0.15) is 0 Å². The number of benzene rings is 1. The molecule has 0 spiro atoms. The van der Waals surface area contributed by atoms with Crippen molar-refractivity contribution in [3.8, 4) is 5.75 Å². The second kappa shape index (κ2) is 9.19. The number of methoxy groups -OCH3 is 1. The van der Waals surface area contributed by atoms with Crippen molar-refractivity contribution in [2.75, 3.05) is 19.0 Å². The Morgan fingerprint density at radius 1 is 1.21 bits per heavy atom. The Kier molecular flexibility index (Phi) is 6.57. The van der Waals surface area contributed by atoms with Crippen molar-refractivity contribution in [2.24, 2.45) is 5.73 Å². The molecule has 2 heterocycles. The summed E-state index contributed by atoms with van der Waals surface area (Å²) in [6, 6.07) is 5.69. The third kappa shape index (κ3) is 4.19. The molecule has 2 amide bonds. The summed E-state index contributed by atoms with van der Waals surface area (Å²) in [5.74, 6) is -2.26. The summed E-state index contributed by atoms with van der Waals surface area (Å²) in [5.41, 5.74) is 5.76. The molecule has 174 valence electrons. The molecule has 3 rings (SSSR count). The number of furan rings is 1. The van der Waals surface area contributed by atoms with Gasteiger partial charge in [-0.15, -0.1) is 0 Å². The summed E-state index contributed by atoms with van der Waals surface area (Å²) in [4.78, 5) is 50.4. The van der Waals surface area contributed by atoms with Crippen LogP contribution in [-0.4, -0.2) is 36.1 Å². The van der Waals surface area contributed by atoms with E-state index in [1.807, 2.05) is 6.07 Å². The first-order valence-electron chi connectivity index (χ1n) is 10.2. The number of pyridine rings is 1. The molecule has 1 unspecified atom stereocenters. The third-order valence-corrected chi connectivity index (χ3v) is 5.28. The summed E-state index contributed by atoms with van der Waals surface area (Å²) < 4.78 is 17.1. The van der Waals surface area contributed by atoms with Gasteiger partial charge >= 0.3 is 5.97 Å². The Balaban J connectivity index is 2.08. The largest absolute Gasteiger partial charge is 0.495 e. The molecule has 10 nitrogen and oxygen atoms in total. The van der Waals surface area contributed by atoms with Crippen LogP contribution in [0.1, 0.15) is 51.9 Å². The predicted molar refractivity (Wildman–Crippen MR) is 121 cm³/mol. The highest BCUT2D eigenvalue weighted by molar-refractivity contribution is 6.11. The average Bonchev–Trinajstić information content (AvgIpc) is 3.09. The second-order valence-electron chi connectivity index (χ2n) is 7.38. The molecule has 10 heteroatoms. The number of aromatic nitrogens is 1. The number of primary amides is 1. The Bertz CT molecular complexity index is 1320. The number of fused-ring (bicyclic) bond motifs is 1. The van der Waals surface area contributed by atoms with E-state index in [2.05, 4.69) is 5.32 Å². The lowest BCUT2D eigenvalue weighted by Crippen LogP contribution is -2.32. The Hall–Kier alpha value is -4.08. The molecule has 3 aromatic rings. The van der Waals surface area contributed by atoms with Crippen LogP contribution in [0.15, 0.2) is 33.5 Å². The van der Waals surface area contributed by atoms with E-state index in [0.29, 0.717) is 11.3 Å². The van der Waals surface area contributed by atoms with E-state index in [0.717, 1.165) is 10.9 Å². The van der Waals surface area contributed by atoms with Gasteiger partial charge in [0.1, 0.15) is 28.7 Å². The molecule has 0 bridgehead atoms. The van der Waals surface area contributed by atoms with Crippen LogP contribution in [0.25, 0.3) is 10.9 Å². The highest BCUT2D eigenvalue weighted by Gasteiger charge is 2.30. The molecule has 0 aliphatic heterocycles. The normalized spacial score (nSPS) is 11.8. The number of carbonyl (C=O) groups is 3. The van der Waals surface area contributed by atoms with Gasteiger partial charge in [0.15, 0.2) is 0 Å². The van der Waals surface area contributed by atoms with Crippen molar-refractivity contribution >= 4 is 34.6 Å². The predicted octanol–water partition coefficient (Wildman–Crippen LogP) is 2.70. The van der Waals surface area contributed by atoms with E-state index in [4.69, 9.17) is 19.6 Å². The Morgan fingerprint density at radius 2 is 1.91 bits per heavy atom. The van der Waals surface area contributed by atoms with Crippen molar-refractivity contribution in [2.45, 2.75) is 33.7 Å². The zero-order valence-electron chi connectivity index (χ0n) is 19.0. The molecule has 3 N–H and O–H groups in total. The molecule has 0 aliphatic rings. The van der Waals surface area contributed by atoms with Gasteiger partial charge in [-0.05, 0) is 39.3 Å². The topological polar surface area (TPSA) is 143 Å². The molecule has 0 fully saturated rings. The highest BCUT2D eigenvalue weighted by Crippen LogP contribution is 2.31. The minimum atomic E-state index is -1.03. The number of nitrogens with one attached hydrogen (secondary N) is 1. The lowest BCUT2D eigenvalue weighted by atomic mass is 10.1. The van der Waals surface area contributed by atoms with Gasteiger partial charge in [0.25, 0.3) is 11.5 Å². The quantitative estimate of drug-likeness (QED) is 0.521. The molecule has 0 saturated heterocycles. The summed E-state index contributed by atoms with van der Waals surface area (Å²) in [7, 11) is 1.47. The first-order valence-corrected chi connectivity index (χ1v) is 10.2. The first-order chi connectivity index (χ1) is 15.6. The monoisotopic (exact) mass is 455 g/mol. The molecular formula is C23H25N3O7. The first kappa shape index (κ1) is 23.6. The summed E-state index contributed by atoms with van der Waals surface area (Å²) >= 11 is 0. The van der Waals surface area contributed by atoms with Crippen molar-refractivity contribution in [1.82, 2.24) is 4.57 Å². The number of anilines is 1. The van der Waals surface area contributed by atoms with E-state index in [-0.39, 0.29) is 29.4 Å². The van der Waals surface area contributed by atoms with Gasteiger partial charge in [-0.1, -0.05) is 12.1 Å². The fourth-order valence-corrected chi connectivity index (χ4v) is 3.73. The second-order valence-corrected chi connectivity index (χ2v) is 7.38. The Morgan fingerprint density at radius 3 is 2.52 bits per heavy atom. The van der Waals surface area contributed by atoms with Crippen LogP contribution >= 0.6 is 0 Å². The zero-order valence-corrected chi connectivity index (χ0v) is 19.0. The number of rotatable bonds is 7. The number of carbonyl (C=O) groups excluding carboxylic acids is 3. The number of nitrogens with zero attached hydrogens (tertiary/aromatic N) is 1. The highest BCUT2D eigenvalue weighted by atomic mass is 16.5. The maximum absolute atomic E-state index is 13.1. The van der Waals surface area contributed by atoms with E-state index in [1.54, 1.807) is 26.0 Å². The number of para-hydroxylation sites is 1. The molecule has 2 aromatic heterocycles. The van der Waals surface area contributed by atoms with E-state index in [1.165, 1.54) is 31.6 Å². The van der Waals surface area contributed by atoms with Crippen LogP contribution in [0, 0.1) is 13.8 Å². The van der Waals surface area contributed by atoms with Gasteiger partial charge in [0.2, 0.25) is 11.8 Å². The van der Waals surface area contributed by atoms with Gasteiger partial charge in [0, 0.05) is 11.5 Å². The van der Waals surface area contributed by atoms with Crippen molar-refractivity contribution in [3.63, 3.8) is 0 Å². The van der Waals surface area contributed by atoms with Crippen LogP contribution in [0.4, 0.5) is 5.88 Å². The maximum atomic E-state index is 13.1. The Labute approximate surface area is 189 Å². The number of amides is 2. The smallest absolute Gasteiger partial charge is 0.342 e. The third-order valence-electron chi connectivity index (χ3n) is 5.28. The summed E-state index contributed by atoms with van der Waals surface area (Å²) in [5, 5.41) is 3.22. The maximum Gasteiger partial charge on any atom is 0.342 e. The lowest BCUT2D eigenvalue weighted by Gasteiger charge is -2.20. The fraction of sp³-hybridized carbons (Fsp3) is 0.304. The molecule has 0 radical (unpaired) electrons. The van der Waals surface area contributed by atoms with Crippen LogP contribution in [0.5, 0.6) is 5.75 Å². The number of nitrogens with two attached hydrogens (primary N) is 1. The van der Waals surface area contributed by atoms with Crippen molar-refractivity contribution in [3.05, 3.63) is 57.1 Å². The van der Waals surface area contributed by atoms with Gasteiger partial charge < -0.3 is 19.6 Å². The number of aryl methyl sites for hydroxylation is 2. The van der Waals surface area contributed by atoms with Crippen LogP contribution in [0.2, 0.25) is 0 Å². The van der Waals surface area contributed by atoms with Crippen LogP contribution < -0.4 is 21.3 Å². The zero-order chi connectivity index (χ0) is 24.4. The summed E-state index contributed by atoms with van der Waals surface area (Å²) in [6.07, 6.45) is 0. The van der Waals surface area contributed by atoms with Gasteiger partial charge in [0.05, 0.1) is 19.2 Å². The molecule has 1 aromatic carbocycles. The number of hydrogen-bond acceptors (Lipinski definition) is 7. The lowest BCUT2D eigenvalue weighted by molar-refractivity contribution is -0.118. The average molecular weight is 455 g/mol. The molecular weight excluding hydrogens is 430 g/mol. The van der Waals surface area contributed by atoms with Gasteiger partial charge in [-0.25, -0.2) is 4.79 Å². The van der Waals surface area contributed by atoms with Crippen LogP contribution in [0.3, 0.4) is 0 Å². The SMILES string of the molecule is CCOC(=O)c1c(C)oc(NC(=O)C(C)n2c(=O)cc(C)c3cccc(OC)c32)c1C(N)=O. The van der Waals surface area contributed by atoms with Crippen LogP contribution in [-0.2, 0) is 9.53 Å². The van der Waals surface area contributed by atoms with Crippen molar-refractivity contribution in [1.29, 1.82) is 0 Å². The number of esters is 1. The summed E-state index contributed by atoms with van der Waals surface area (Å²) in [6.45, 7) is 6.44. The minimum Gasteiger partial charge on any atom is -0.495 e. The van der Waals surface area contributed by atoms with E-state index >= 15 is 0 Å². The van der Waals surface area contributed by atoms with Gasteiger partial charge in [-0.3, -0.25) is 24.3 Å². The van der Waals surface area contributed by atoms with E-state index in [9.17, 15) is 19.2 Å². The molecule has 33 heavy (non-hydrogen) atoms. The van der Waals surface area contributed by atoms with E-state index < -0.39 is 29.4 Å². The number of ether oxygens (including phenoxy) is 2. The molecule has 0 aliphatic carbocycles.